The Kier molecular flexibility index (Phi) is 3.61. The van der Waals surface area contributed by atoms with Crippen LogP contribution in [0.1, 0.15) is 15.9 Å². The molecule has 0 radical (unpaired) electrons. The molecule has 0 saturated carbocycles. The van der Waals surface area contributed by atoms with Gasteiger partial charge in [-0.2, -0.15) is 4.99 Å². The molecule has 122 valence electrons. The Hall–Kier alpha value is -2.60. The van der Waals surface area contributed by atoms with E-state index in [1.807, 2.05) is 42.8 Å². The van der Waals surface area contributed by atoms with Crippen LogP contribution in [-0.4, -0.2) is 23.7 Å². The van der Waals surface area contributed by atoms with Gasteiger partial charge in [0.25, 0.3) is 5.91 Å². The van der Waals surface area contributed by atoms with Crippen LogP contribution in [0.15, 0.2) is 41.4 Å². The van der Waals surface area contributed by atoms with E-state index in [1.165, 1.54) is 11.3 Å². The van der Waals surface area contributed by atoms with Crippen LogP contribution in [0.25, 0.3) is 10.2 Å². The number of benzene rings is 2. The van der Waals surface area contributed by atoms with Gasteiger partial charge in [-0.15, -0.1) is 0 Å². The normalized spacial score (nSPS) is 14.2. The quantitative estimate of drug-likeness (QED) is 0.684. The molecule has 1 amide bonds. The van der Waals surface area contributed by atoms with Crippen LogP contribution in [-0.2, 0) is 7.05 Å². The summed E-state index contributed by atoms with van der Waals surface area (Å²) < 4.78 is 14.2. The zero-order chi connectivity index (χ0) is 16.7. The lowest BCUT2D eigenvalue weighted by Crippen LogP contribution is -2.15. The summed E-state index contributed by atoms with van der Waals surface area (Å²) in [7, 11) is 1.90. The zero-order valence-corrected chi connectivity index (χ0v) is 14.2. The van der Waals surface area contributed by atoms with Gasteiger partial charge in [0.1, 0.15) is 13.2 Å². The summed E-state index contributed by atoms with van der Waals surface area (Å²) in [6.45, 7) is 3.10. The summed E-state index contributed by atoms with van der Waals surface area (Å²) in [6, 6.07) is 11.3. The van der Waals surface area contributed by atoms with E-state index in [-0.39, 0.29) is 5.91 Å². The Labute approximate surface area is 142 Å². The topological polar surface area (TPSA) is 52.8 Å². The maximum absolute atomic E-state index is 12.4. The SMILES string of the molecule is Cc1ccc(C(=O)N=c2sc3cc4c(cc3n2C)OCCO4)cc1. The number of fused-ring (bicyclic) bond motifs is 2. The van der Waals surface area contributed by atoms with E-state index in [0.29, 0.717) is 23.6 Å². The van der Waals surface area contributed by atoms with Gasteiger partial charge in [-0.05, 0) is 19.1 Å². The standard InChI is InChI=1S/C18H16N2O3S/c1-11-3-5-12(6-4-11)17(21)19-18-20(2)13-9-14-15(10-16(13)24-18)23-8-7-22-14/h3-6,9-10H,7-8H2,1-2H3. The number of hydrogen-bond donors (Lipinski definition) is 0. The number of thiazole rings is 1. The first-order chi connectivity index (χ1) is 11.6. The molecule has 0 atom stereocenters. The van der Waals surface area contributed by atoms with Crippen molar-refractivity contribution in [1.29, 1.82) is 0 Å². The van der Waals surface area contributed by atoms with E-state index in [9.17, 15) is 4.79 Å². The average Bonchev–Trinajstić information content (AvgIpc) is 2.89. The molecule has 2 aromatic carbocycles. The van der Waals surface area contributed by atoms with Crippen LogP contribution >= 0.6 is 11.3 Å². The second-order valence-electron chi connectivity index (χ2n) is 5.69. The summed E-state index contributed by atoms with van der Waals surface area (Å²) in [5.74, 6) is 1.24. The van der Waals surface area contributed by atoms with E-state index in [4.69, 9.17) is 9.47 Å². The minimum absolute atomic E-state index is 0.241. The van der Waals surface area contributed by atoms with Gasteiger partial charge in [-0.3, -0.25) is 4.79 Å². The number of carbonyl (C=O) groups excluding carboxylic acids is 1. The number of carbonyl (C=O) groups is 1. The van der Waals surface area contributed by atoms with Crippen molar-refractivity contribution in [3.05, 3.63) is 52.3 Å². The first kappa shape index (κ1) is 15.0. The molecule has 3 aromatic rings. The molecule has 0 unspecified atom stereocenters. The Bertz CT molecular complexity index is 1000. The third-order valence-electron chi connectivity index (χ3n) is 3.97. The van der Waals surface area contributed by atoms with Crippen molar-refractivity contribution in [2.24, 2.45) is 12.0 Å². The zero-order valence-electron chi connectivity index (χ0n) is 13.4. The molecular weight excluding hydrogens is 324 g/mol. The van der Waals surface area contributed by atoms with Crippen molar-refractivity contribution < 1.29 is 14.3 Å². The van der Waals surface area contributed by atoms with Crippen molar-refractivity contribution in [3.63, 3.8) is 0 Å². The van der Waals surface area contributed by atoms with Gasteiger partial charge in [0.15, 0.2) is 16.3 Å². The van der Waals surface area contributed by atoms with Gasteiger partial charge in [0.2, 0.25) is 0 Å². The van der Waals surface area contributed by atoms with Crippen LogP contribution in [0, 0.1) is 6.92 Å². The van der Waals surface area contributed by atoms with Crippen LogP contribution in [0.3, 0.4) is 0 Å². The lowest BCUT2D eigenvalue weighted by atomic mass is 10.1. The molecule has 1 aliphatic rings. The Morgan fingerprint density at radius 3 is 2.50 bits per heavy atom. The summed E-state index contributed by atoms with van der Waals surface area (Å²) >= 11 is 1.46. The first-order valence-electron chi connectivity index (χ1n) is 7.67. The van der Waals surface area contributed by atoms with Gasteiger partial charge in [-0.1, -0.05) is 29.0 Å². The summed E-state index contributed by atoms with van der Waals surface area (Å²) in [5.41, 5.74) is 2.67. The fraction of sp³-hybridized carbons (Fsp3) is 0.222. The number of ether oxygens (including phenoxy) is 2. The van der Waals surface area contributed by atoms with Gasteiger partial charge in [0.05, 0.1) is 10.2 Å². The predicted octanol–water partition coefficient (Wildman–Crippen LogP) is 3.06. The number of nitrogens with zero attached hydrogens (tertiary/aromatic N) is 2. The van der Waals surface area contributed by atoms with Gasteiger partial charge < -0.3 is 14.0 Å². The fourth-order valence-electron chi connectivity index (χ4n) is 2.62. The van der Waals surface area contributed by atoms with Gasteiger partial charge in [0, 0.05) is 24.7 Å². The van der Waals surface area contributed by atoms with E-state index >= 15 is 0 Å². The molecule has 6 heteroatoms. The second kappa shape index (κ2) is 5.79. The lowest BCUT2D eigenvalue weighted by molar-refractivity contribution is 0.0998. The number of amides is 1. The molecule has 4 rings (SSSR count). The Morgan fingerprint density at radius 1 is 1.12 bits per heavy atom. The van der Waals surface area contributed by atoms with Crippen molar-refractivity contribution in [2.45, 2.75) is 6.92 Å². The molecule has 1 aromatic heterocycles. The highest BCUT2D eigenvalue weighted by molar-refractivity contribution is 7.16. The molecule has 0 spiro atoms. The van der Waals surface area contributed by atoms with Crippen LogP contribution in [0.4, 0.5) is 0 Å². The van der Waals surface area contributed by atoms with Gasteiger partial charge in [-0.25, -0.2) is 0 Å². The number of hydrogen-bond acceptors (Lipinski definition) is 4. The van der Waals surface area contributed by atoms with Crippen molar-refractivity contribution >= 4 is 27.5 Å². The highest BCUT2D eigenvalue weighted by Crippen LogP contribution is 2.35. The highest BCUT2D eigenvalue weighted by Gasteiger charge is 2.15. The minimum atomic E-state index is -0.241. The molecule has 0 aliphatic carbocycles. The van der Waals surface area contributed by atoms with E-state index in [1.54, 1.807) is 12.1 Å². The first-order valence-corrected chi connectivity index (χ1v) is 8.48. The second-order valence-corrected chi connectivity index (χ2v) is 6.70. The maximum atomic E-state index is 12.4. The molecule has 24 heavy (non-hydrogen) atoms. The molecular formula is C18H16N2O3S. The van der Waals surface area contributed by atoms with Gasteiger partial charge >= 0.3 is 0 Å². The molecule has 0 fully saturated rings. The van der Waals surface area contributed by atoms with Crippen LogP contribution < -0.4 is 14.3 Å². The van der Waals surface area contributed by atoms with E-state index in [0.717, 1.165) is 27.3 Å². The largest absolute Gasteiger partial charge is 0.486 e. The third kappa shape index (κ3) is 2.59. The highest BCUT2D eigenvalue weighted by atomic mass is 32.1. The number of aromatic nitrogens is 1. The molecule has 0 saturated heterocycles. The molecule has 2 heterocycles. The van der Waals surface area contributed by atoms with Crippen molar-refractivity contribution in [3.8, 4) is 11.5 Å². The number of aryl methyl sites for hydroxylation is 2. The predicted molar refractivity (Wildman–Crippen MR) is 92.9 cm³/mol. The molecule has 1 aliphatic heterocycles. The van der Waals surface area contributed by atoms with E-state index < -0.39 is 0 Å². The smallest absolute Gasteiger partial charge is 0.279 e. The molecule has 5 nitrogen and oxygen atoms in total. The molecule has 0 N–H and O–H groups in total. The Balaban J connectivity index is 1.80. The maximum Gasteiger partial charge on any atom is 0.279 e. The number of rotatable bonds is 1. The van der Waals surface area contributed by atoms with Crippen LogP contribution in [0.5, 0.6) is 11.5 Å². The Morgan fingerprint density at radius 2 is 1.79 bits per heavy atom. The summed E-state index contributed by atoms with van der Waals surface area (Å²) in [5, 5.41) is 0. The monoisotopic (exact) mass is 340 g/mol. The average molecular weight is 340 g/mol. The van der Waals surface area contributed by atoms with Crippen LogP contribution in [0.2, 0.25) is 0 Å². The molecule has 0 bridgehead atoms. The van der Waals surface area contributed by atoms with Crippen molar-refractivity contribution in [1.82, 2.24) is 4.57 Å². The third-order valence-corrected chi connectivity index (χ3v) is 5.06. The summed E-state index contributed by atoms with van der Waals surface area (Å²) in [4.78, 5) is 17.3. The summed E-state index contributed by atoms with van der Waals surface area (Å²) in [6.07, 6.45) is 0. The van der Waals surface area contributed by atoms with E-state index in [2.05, 4.69) is 4.99 Å². The minimum Gasteiger partial charge on any atom is -0.486 e. The lowest BCUT2D eigenvalue weighted by Gasteiger charge is -2.18. The van der Waals surface area contributed by atoms with Crippen molar-refractivity contribution in [2.75, 3.05) is 13.2 Å². The fourth-order valence-corrected chi connectivity index (χ4v) is 3.65.